The van der Waals surface area contributed by atoms with Gasteiger partial charge in [-0.2, -0.15) is 72.8 Å². The molecule has 0 atom stereocenters. The van der Waals surface area contributed by atoms with Gasteiger partial charge in [0.1, 0.15) is 0 Å². The Morgan fingerprint density at radius 1 is 0.467 bits per heavy atom. The maximum atomic E-state index is 2.89. The second-order valence-corrected chi connectivity index (χ2v) is 2.15. The first-order valence-electron chi connectivity index (χ1n) is 3.82. The van der Waals surface area contributed by atoms with Crippen LogP contribution in [0.3, 0.4) is 0 Å². The van der Waals surface area contributed by atoms with Gasteiger partial charge in [-0.05, 0) is 0 Å². The van der Waals surface area contributed by atoms with Crippen LogP contribution in [0.2, 0.25) is 0 Å². The molecule has 0 saturated carbocycles. The molecule has 0 amide bonds. The van der Waals surface area contributed by atoms with E-state index in [1.54, 1.807) is 0 Å². The Hall–Kier alpha value is -0.318. The van der Waals surface area contributed by atoms with E-state index >= 15 is 0 Å². The molecule has 0 aromatic heterocycles. The van der Waals surface area contributed by atoms with E-state index < -0.39 is 0 Å². The van der Waals surface area contributed by atoms with Gasteiger partial charge in [-0.25, -0.2) is 0 Å². The molecule has 0 unspecified atom stereocenters. The zero-order valence-electron chi connectivity index (χ0n) is 7.91. The Bertz CT molecular complexity index is 189. The molecule has 0 saturated heterocycles. The third kappa shape index (κ3) is 13.7. The smallest absolute Gasteiger partial charge is 0.184 e. The fraction of sp³-hybridized carbons (Fsp3) is 0. The quantitative estimate of drug-likeness (QED) is 0.508. The first-order chi connectivity index (χ1) is 6.00. The number of rotatable bonds is 0. The first kappa shape index (κ1) is 20.1. The summed E-state index contributed by atoms with van der Waals surface area (Å²) in [6.45, 7) is 0. The van der Waals surface area contributed by atoms with Crippen molar-refractivity contribution in [3.8, 4) is 0 Å². The molecule has 0 bridgehead atoms. The topological polar surface area (TPSA) is 0 Å². The van der Waals surface area contributed by atoms with Gasteiger partial charge in [0.05, 0.1) is 0 Å². The number of halogens is 2. The van der Waals surface area contributed by atoms with E-state index in [-0.39, 0.29) is 45.2 Å². The molecule has 84 valence electrons. The largest absolute Gasteiger partial charge is 2.00 e. The third-order valence-corrected chi connectivity index (χ3v) is 1.21. The van der Waals surface area contributed by atoms with Gasteiger partial charge in [-0.15, -0.1) is 24.8 Å². The summed E-state index contributed by atoms with van der Waals surface area (Å²) in [6, 6.07) is 25.0. The molecule has 2 aromatic rings. The van der Waals surface area contributed by atoms with Crippen molar-refractivity contribution in [1.29, 1.82) is 0 Å². The number of benzene rings is 2. The molecule has 0 spiro atoms. The second kappa shape index (κ2) is 16.1. The van der Waals surface area contributed by atoms with Crippen LogP contribution in [-0.4, -0.2) is 0 Å². The summed E-state index contributed by atoms with van der Waals surface area (Å²) in [5.41, 5.74) is 0. The molecule has 0 fully saturated rings. The maximum Gasteiger partial charge on any atom is 2.00 e. The molecule has 0 aliphatic rings. The van der Waals surface area contributed by atoms with Gasteiger partial charge in [0.15, 0.2) is 0 Å². The molecule has 0 heterocycles. The van der Waals surface area contributed by atoms with Crippen LogP contribution in [0, 0.1) is 12.1 Å². The van der Waals surface area contributed by atoms with Gasteiger partial charge in [-0.3, -0.25) is 0 Å². The van der Waals surface area contributed by atoms with Crippen LogP contribution >= 0.6 is 24.8 Å². The molecular weight excluding hydrogens is 321 g/mol. The zero-order chi connectivity index (χ0) is 8.49. The molecule has 2 rings (SSSR count). The molecular formula is C12H12Cl2Pd. The van der Waals surface area contributed by atoms with Crippen LogP contribution < -0.4 is 0 Å². The summed E-state index contributed by atoms with van der Waals surface area (Å²) in [5, 5.41) is 0. The van der Waals surface area contributed by atoms with E-state index in [0.717, 1.165) is 0 Å². The fourth-order valence-corrected chi connectivity index (χ4v) is 0.684. The standard InChI is InChI=1S/2C6H5.2ClH.Pd/c2*1-2-4-6-5-3-1;;;/h2*1-5H;2*1H;/q2*-1;;;+2. The van der Waals surface area contributed by atoms with Crippen molar-refractivity contribution in [2.24, 2.45) is 0 Å². The van der Waals surface area contributed by atoms with E-state index in [0.29, 0.717) is 0 Å². The van der Waals surface area contributed by atoms with Crippen LogP contribution in [0.4, 0.5) is 0 Å². The normalized spacial score (nSPS) is 6.40. The van der Waals surface area contributed by atoms with Gasteiger partial charge in [0, 0.05) is 0 Å². The molecule has 15 heavy (non-hydrogen) atoms. The Kier molecular flexibility index (Phi) is 21.7. The van der Waals surface area contributed by atoms with E-state index in [1.165, 1.54) is 0 Å². The van der Waals surface area contributed by atoms with Crippen molar-refractivity contribution in [3.05, 3.63) is 72.8 Å². The van der Waals surface area contributed by atoms with Crippen molar-refractivity contribution in [2.75, 3.05) is 0 Å². The van der Waals surface area contributed by atoms with Crippen LogP contribution in [0.1, 0.15) is 0 Å². The monoisotopic (exact) mass is 332 g/mol. The number of hydrogen-bond donors (Lipinski definition) is 0. The van der Waals surface area contributed by atoms with E-state index in [2.05, 4.69) is 12.1 Å². The van der Waals surface area contributed by atoms with Gasteiger partial charge >= 0.3 is 20.4 Å². The Balaban J connectivity index is -0.000000160. The minimum atomic E-state index is 0. The Labute approximate surface area is 118 Å². The Morgan fingerprint density at radius 2 is 0.733 bits per heavy atom. The molecule has 3 heteroatoms. The van der Waals surface area contributed by atoms with Crippen molar-refractivity contribution >= 4 is 24.8 Å². The maximum absolute atomic E-state index is 2.89. The SMILES string of the molecule is Cl.Cl.[Pd+2].[c-]1ccccc1.[c-]1ccccc1. The molecule has 2 aromatic carbocycles. The average molecular weight is 334 g/mol. The summed E-state index contributed by atoms with van der Waals surface area (Å²) < 4.78 is 0. The van der Waals surface area contributed by atoms with Crippen molar-refractivity contribution in [1.82, 2.24) is 0 Å². The molecule has 0 aliphatic heterocycles. The zero-order valence-corrected chi connectivity index (χ0v) is 11.1. The van der Waals surface area contributed by atoms with Crippen molar-refractivity contribution in [2.45, 2.75) is 0 Å². The molecule has 0 aliphatic carbocycles. The van der Waals surface area contributed by atoms with Crippen LogP contribution in [0.15, 0.2) is 60.7 Å². The summed E-state index contributed by atoms with van der Waals surface area (Å²) >= 11 is 0. The van der Waals surface area contributed by atoms with E-state index in [9.17, 15) is 0 Å². The predicted octanol–water partition coefficient (Wildman–Crippen LogP) is 3.81. The molecule has 0 N–H and O–H groups in total. The van der Waals surface area contributed by atoms with Gasteiger partial charge < -0.3 is 0 Å². The third-order valence-electron chi connectivity index (χ3n) is 1.21. The van der Waals surface area contributed by atoms with Gasteiger partial charge in [0.2, 0.25) is 0 Å². The van der Waals surface area contributed by atoms with Crippen LogP contribution in [0.5, 0.6) is 0 Å². The average Bonchev–Trinajstić information content (AvgIpc) is 2.24. The summed E-state index contributed by atoms with van der Waals surface area (Å²) in [4.78, 5) is 0. The van der Waals surface area contributed by atoms with E-state index in [4.69, 9.17) is 0 Å². The van der Waals surface area contributed by atoms with Gasteiger partial charge in [-0.1, -0.05) is 0 Å². The van der Waals surface area contributed by atoms with E-state index in [1.807, 2.05) is 60.7 Å². The van der Waals surface area contributed by atoms with Crippen molar-refractivity contribution in [3.63, 3.8) is 0 Å². The first-order valence-corrected chi connectivity index (χ1v) is 3.82. The summed E-state index contributed by atoms with van der Waals surface area (Å²) in [6.07, 6.45) is 0. The fourth-order valence-electron chi connectivity index (χ4n) is 0.684. The van der Waals surface area contributed by atoms with Crippen molar-refractivity contribution < 1.29 is 20.4 Å². The Morgan fingerprint density at radius 3 is 0.800 bits per heavy atom. The van der Waals surface area contributed by atoms with Crippen LogP contribution in [-0.2, 0) is 20.4 Å². The molecule has 0 radical (unpaired) electrons. The predicted molar refractivity (Wildman–Crippen MR) is 65.1 cm³/mol. The van der Waals surface area contributed by atoms with Crippen LogP contribution in [0.25, 0.3) is 0 Å². The number of hydrogen-bond acceptors (Lipinski definition) is 0. The molecule has 0 nitrogen and oxygen atoms in total. The second-order valence-electron chi connectivity index (χ2n) is 2.15. The summed E-state index contributed by atoms with van der Waals surface area (Å²) in [7, 11) is 0. The minimum Gasteiger partial charge on any atom is -0.184 e. The van der Waals surface area contributed by atoms with Gasteiger partial charge in [0.25, 0.3) is 0 Å². The summed E-state index contributed by atoms with van der Waals surface area (Å²) in [5.74, 6) is 0. The minimum absolute atomic E-state index is 0.